The van der Waals surface area contributed by atoms with Crippen LogP contribution in [0.3, 0.4) is 0 Å². The molecule has 0 aromatic heterocycles. The molecule has 1 aliphatic heterocycles. The second kappa shape index (κ2) is 6.50. The van der Waals surface area contributed by atoms with E-state index in [4.69, 9.17) is 0 Å². The van der Waals surface area contributed by atoms with Crippen molar-refractivity contribution in [2.45, 2.75) is 0 Å². The molecule has 5 nitrogen and oxygen atoms in total. The quantitative estimate of drug-likeness (QED) is 0.582. The molecule has 0 aliphatic carbocycles. The van der Waals surface area contributed by atoms with Crippen LogP contribution in [0.4, 0.5) is 0 Å². The number of thioether (sulfide) groups is 1. The lowest BCUT2D eigenvalue weighted by molar-refractivity contribution is -1.91. The highest BCUT2D eigenvalue weighted by Crippen LogP contribution is 2.46. The van der Waals surface area contributed by atoms with Crippen molar-refractivity contribution in [3.8, 4) is 0 Å². The summed E-state index contributed by atoms with van der Waals surface area (Å²) in [5.74, 6) is 0. The molecule has 22 heavy (non-hydrogen) atoms. The predicted octanol–water partition coefficient (Wildman–Crippen LogP) is 0.796. The summed E-state index contributed by atoms with van der Waals surface area (Å²) in [5.41, 5.74) is 0.775. The molecule has 1 unspecified atom stereocenters. The van der Waals surface area contributed by atoms with Gasteiger partial charge in [-0.1, -0.05) is 42.5 Å². The first kappa shape index (κ1) is 16.3. The summed E-state index contributed by atoms with van der Waals surface area (Å²) in [6.07, 6.45) is 1.84. The molecule has 0 saturated carbocycles. The van der Waals surface area contributed by atoms with Crippen molar-refractivity contribution in [2.75, 3.05) is 6.26 Å². The number of benzene rings is 2. The van der Waals surface area contributed by atoms with Crippen molar-refractivity contribution in [3.63, 3.8) is 0 Å². The van der Waals surface area contributed by atoms with E-state index in [1.54, 1.807) is 0 Å². The molecule has 0 spiro atoms. The zero-order chi connectivity index (χ0) is 15.7. The fraction of sp³-hybridized carbons (Fsp3) is 0.0769. The van der Waals surface area contributed by atoms with E-state index in [2.05, 4.69) is 8.73 Å². The van der Waals surface area contributed by atoms with Crippen LogP contribution in [0.15, 0.2) is 47.5 Å². The van der Waals surface area contributed by atoms with E-state index in [0.717, 1.165) is 27.1 Å². The monoisotopic (exact) mass is 375 g/mol. The summed E-state index contributed by atoms with van der Waals surface area (Å²) in [4.78, 5) is 4.90. The number of hydrogen-bond acceptors (Lipinski definition) is 7. The first-order valence-electron chi connectivity index (χ1n) is 5.99. The second-order valence-corrected chi connectivity index (χ2v) is 9.30. The summed E-state index contributed by atoms with van der Waals surface area (Å²) in [6, 6.07) is 13.4. The van der Waals surface area contributed by atoms with E-state index in [0.29, 0.717) is 9.36 Å². The van der Waals surface area contributed by atoms with Crippen LogP contribution in [0, 0.1) is 10.2 Å². The predicted molar refractivity (Wildman–Crippen MR) is 85.3 cm³/mol. The topological polar surface area (TPSA) is 90.8 Å². The lowest BCUT2D eigenvalue weighted by Gasteiger charge is -2.13. The van der Waals surface area contributed by atoms with E-state index >= 15 is 0 Å². The Kier molecular flexibility index (Phi) is 4.81. The van der Waals surface area contributed by atoms with Crippen molar-refractivity contribution in [1.29, 1.82) is 0 Å². The van der Waals surface area contributed by atoms with Gasteiger partial charge in [0.05, 0.1) is 10.2 Å². The zero-order valence-corrected chi connectivity index (χ0v) is 14.4. The van der Waals surface area contributed by atoms with Crippen LogP contribution in [0.1, 0.15) is 5.56 Å². The van der Waals surface area contributed by atoms with Gasteiger partial charge in [-0.05, 0) is 17.0 Å². The standard InChI is InChI=1S/C13H10ClNO4S3/c1-20-13-15-12(22(21-13)19-14(16,17)18)11-8-4-6-9-5-2-3-7-10(9)11/h2-8H,1H3. The Morgan fingerprint density at radius 1 is 1.14 bits per heavy atom. The Morgan fingerprint density at radius 2 is 1.86 bits per heavy atom. The molecule has 0 N–H and O–H groups in total. The molecular formula is C13H10ClNO4S3. The van der Waals surface area contributed by atoms with Crippen molar-refractivity contribution in [3.05, 3.63) is 48.0 Å². The van der Waals surface area contributed by atoms with Gasteiger partial charge in [-0.15, -0.1) is 11.8 Å². The lowest BCUT2D eigenvalue weighted by Crippen LogP contribution is -2.60. The average Bonchev–Trinajstić information content (AvgIpc) is 2.87. The van der Waals surface area contributed by atoms with Crippen molar-refractivity contribution < 1.29 is 28.0 Å². The number of aliphatic imine (C=N–C) groups is 1. The van der Waals surface area contributed by atoms with Gasteiger partial charge < -0.3 is 0 Å². The van der Waals surface area contributed by atoms with E-state index in [9.17, 15) is 14.0 Å². The fourth-order valence-corrected chi connectivity index (χ4v) is 7.42. The number of hydrogen-bond donors (Lipinski definition) is 0. The van der Waals surface area contributed by atoms with Gasteiger partial charge in [0.15, 0.2) is 0 Å². The highest BCUT2D eigenvalue weighted by molar-refractivity contribution is 8.91. The largest absolute Gasteiger partial charge is 0.224 e. The Labute approximate surface area is 139 Å². The van der Waals surface area contributed by atoms with Crippen LogP contribution in [0.2, 0.25) is 0 Å². The minimum absolute atomic E-state index is 0.470. The smallest absolute Gasteiger partial charge is 0.201 e. The molecule has 2 aromatic rings. The van der Waals surface area contributed by atoms with Crippen molar-refractivity contribution in [2.24, 2.45) is 4.99 Å². The molecule has 0 saturated heterocycles. The van der Waals surface area contributed by atoms with Crippen LogP contribution in [0.5, 0.6) is 0 Å². The summed E-state index contributed by atoms with van der Waals surface area (Å²) >= 11 is 1.39. The molecule has 2 aromatic carbocycles. The van der Waals surface area contributed by atoms with Crippen molar-refractivity contribution in [1.82, 2.24) is 0 Å². The minimum Gasteiger partial charge on any atom is -0.224 e. The second-order valence-electron chi connectivity index (χ2n) is 4.17. The van der Waals surface area contributed by atoms with E-state index in [1.165, 1.54) is 11.8 Å². The maximum absolute atomic E-state index is 10.9. The summed E-state index contributed by atoms with van der Waals surface area (Å²) in [5, 5.41) is 1.95. The molecule has 0 radical (unpaired) electrons. The van der Waals surface area contributed by atoms with Gasteiger partial charge in [0.2, 0.25) is 9.80 Å². The van der Waals surface area contributed by atoms with Gasteiger partial charge in [-0.3, -0.25) is 0 Å². The van der Waals surface area contributed by atoms with Crippen LogP contribution in [0.25, 0.3) is 10.8 Å². The third kappa shape index (κ3) is 3.50. The SMILES string of the molecule is CSC1=NC(c2cccc3ccccc23)=S(O[Cl+3]([O-])([O-])[O-])S1. The zero-order valence-electron chi connectivity index (χ0n) is 11.2. The summed E-state index contributed by atoms with van der Waals surface area (Å²) in [7, 11) is -4.64. The van der Waals surface area contributed by atoms with Gasteiger partial charge in [-0.25, -0.2) is 4.99 Å². The molecule has 1 aliphatic rings. The molecule has 0 bridgehead atoms. The summed E-state index contributed by atoms with van der Waals surface area (Å²) < 4.78 is 38.2. The van der Waals surface area contributed by atoms with Crippen LogP contribution in [-0.4, -0.2) is 15.6 Å². The van der Waals surface area contributed by atoms with E-state index < -0.39 is 20.0 Å². The number of fused-ring (bicyclic) bond motifs is 1. The summed E-state index contributed by atoms with van der Waals surface area (Å²) in [6.45, 7) is 0. The maximum Gasteiger partial charge on any atom is 0.201 e. The first-order chi connectivity index (χ1) is 10.5. The van der Waals surface area contributed by atoms with E-state index in [-0.39, 0.29) is 0 Å². The first-order valence-corrected chi connectivity index (χ1v) is 10.9. The third-order valence-electron chi connectivity index (χ3n) is 2.83. The Bertz CT molecular complexity index is 783. The normalized spacial score (nSPS) is 18.8. The van der Waals surface area contributed by atoms with Gasteiger partial charge in [0, 0.05) is 16.4 Å². The van der Waals surface area contributed by atoms with Crippen LogP contribution >= 0.6 is 32.4 Å². The Balaban J connectivity index is 2.15. The molecule has 1 atom stereocenters. The van der Waals surface area contributed by atoms with Crippen LogP contribution < -0.4 is 14.0 Å². The van der Waals surface area contributed by atoms with Crippen LogP contribution in [-0.2, 0) is 3.74 Å². The lowest BCUT2D eigenvalue weighted by atomic mass is 10.0. The average molecular weight is 376 g/mol. The van der Waals surface area contributed by atoms with Gasteiger partial charge >= 0.3 is 0 Å². The molecular weight excluding hydrogens is 366 g/mol. The number of halogens is 1. The van der Waals surface area contributed by atoms with Crippen molar-refractivity contribution >= 4 is 52.5 Å². The Hall–Kier alpha value is -0.580. The molecule has 0 amide bonds. The Morgan fingerprint density at radius 3 is 2.59 bits per heavy atom. The number of rotatable bonds is 3. The molecule has 3 rings (SSSR count). The van der Waals surface area contributed by atoms with Gasteiger partial charge in [0.25, 0.3) is 0 Å². The highest BCUT2D eigenvalue weighted by Gasteiger charge is 2.32. The molecule has 0 fully saturated rings. The molecule has 9 heteroatoms. The highest BCUT2D eigenvalue weighted by atomic mass is 35.7. The fourth-order valence-electron chi connectivity index (χ4n) is 2.00. The molecule has 1 heterocycles. The molecule has 116 valence electrons. The van der Waals surface area contributed by atoms with Gasteiger partial charge in [-0.2, -0.15) is 14.0 Å². The third-order valence-corrected chi connectivity index (χ3v) is 8.29. The maximum atomic E-state index is 10.9. The van der Waals surface area contributed by atoms with Gasteiger partial charge in [0.1, 0.15) is 13.1 Å². The van der Waals surface area contributed by atoms with E-state index in [1.807, 2.05) is 48.7 Å². The minimum atomic E-state index is -4.51. The number of nitrogens with zero attached hydrogens (tertiary/aromatic N) is 1.